The van der Waals surface area contributed by atoms with Crippen LogP contribution in [0.15, 0.2) is 60.7 Å². The van der Waals surface area contributed by atoms with Gasteiger partial charge in [0, 0.05) is 6.54 Å². The fraction of sp³-hybridized carbons (Fsp3) is 0.211. The molecule has 5 heteroatoms. The molecule has 122 valence electrons. The second-order valence-electron chi connectivity index (χ2n) is 5.78. The molecule has 0 bridgehead atoms. The molecule has 2 aromatic carbocycles. The van der Waals surface area contributed by atoms with Crippen molar-refractivity contribution >= 4 is 5.91 Å². The van der Waals surface area contributed by atoms with Gasteiger partial charge in [-0.15, -0.1) is 5.10 Å². The Morgan fingerprint density at radius 1 is 1.04 bits per heavy atom. The predicted octanol–water partition coefficient (Wildman–Crippen LogP) is 3.11. The van der Waals surface area contributed by atoms with Crippen molar-refractivity contribution in [1.29, 1.82) is 0 Å². The van der Waals surface area contributed by atoms with Crippen LogP contribution in [0.25, 0.3) is 5.69 Å². The smallest absolute Gasteiger partial charge is 0.273 e. The van der Waals surface area contributed by atoms with E-state index in [0.29, 0.717) is 17.9 Å². The standard InChI is InChI=1S/C19H20N4O/c1-14(16-9-5-3-6-10-16)13-20-19(24)18-15(2)21-23(22-18)17-11-7-4-8-12-17/h3-12,14H,13H2,1-2H3,(H,20,24)/t14-/m0/s1. The Morgan fingerprint density at radius 3 is 2.33 bits per heavy atom. The molecule has 0 spiro atoms. The van der Waals surface area contributed by atoms with Crippen LogP contribution < -0.4 is 5.32 Å². The number of hydrogen-bond donors (Lipinski definition) is 1. The van der Waals surface area contributed by atoms with Gasteiger partial charge >= 0.3 is 0 Å². The Kier molecular flexibility index (Phi) is 4.70. The van der Waals surface area contributed by atoms with Crippen molar-refractivity contribution in [3.8, 4) is 5.69 Å². The maximum atomic E-state index is 12.4. The van der Waals surface area contributed by atoms with E-state index in [1.807, 2.05) is 48.5 Å². The topological polar surface area (TPSA) is 59.8 Å². The Morgan fingerprint density at radius 2 is 1.67 bits per heavy atom. The molecule has 1 aromatic heterocycles. The fourth-order valence-corrected chi connectivity index (χ4v) is 2.49. The number of benzene rings is 2. The van der Waals surface area contributed by atoms with Gasteiger partial charge in [-0.05, 0) is 30.5 Å². The van der Waals surface area contributed by atoms with Gasteiger partial charge in [0.25, 0.3) is 5.91 Å². The van der Waals surface area contributed by atoms with Gasteiger partial charge in [0.15, 0.2) is 5.69 Å². The number of carbonyl (C=O) groups is 1. The Balaban J connectivity index is 1.68. The van der Waals surface area contributed by atoms with Crippen LogP contribution in [-0.2, 0) is 0 Å². The highest BCUT2D eigenvalue weighted by atomic mass is 16.2. The zero-order chi connectivity index (χ0) is 16.9. The molecule has 0 saturated carbocycles. The van der Waals surface area contributed by atoms with Crippen molar-refractivity contribution in [2.45, 2.75) is 19.8 Å². The minimum atomic E-state index is -0.197. The lowest BCUT2D eigenvalue weighted by atomic mass is 10.0. The van der Waals surface area contributed by atoms with Gasteiger partial charge < -0.3 is 5.32 Å². The monoisotopic (exact) mass is 320 g/mol. The molecule has 0 aliphatic carbocycles. The van der Waals surface area contributed by atoms with Crippen molar-refractivity contribution in [2.75, 3.05) is 6.54 Å². The molecule has 0 aliphatic heterocycles. The van der Waals surface area contributed by atoms with Gasteiger partial charge in [-0.3, -0.25) is 4.79 Å². The number of aromatic nitrogens is 3. The third kappa shape index (κ3) is 3.51. The minimum Gasteiger partial charge on any atom is -0.350 e. The first-order valence-corrected chi connectivity index (χ1v) is 7.97. The number of para-hydroxylation sites is 1. The van der Waals surface area contributed by atoms with E-state index in [9.17, 15) is 4.79 Å². The van der Waals surface area contributed by atoms with E-state index in [2.05, 4.69) is 34.6 Å². The van der Waals surface area contributed by atoms with Gasteiger partial charge in [0.1, 0.15) is 0 Å². The molecule has 3 aromatic rings. The largest absolute Gasteiger partial charge is 0.350 e. The van der Waals surface area contributed by atoms with Crippen LogP contribution in [0.5, 0.6) is 0 Å². The van der Waals surface area contributed by atoms with E-state index >= 15 is 0 Å². The SMILES string of the molecule is Cc1nn(-c2ccccc2)nc1C(=O)NC[C@H](C)c1ccccc1. The maximum absolute atomic E-state index is 12.4. The van der Waals surface area contributed by atoms with Crippen molar-refractivity contribution < 1.29 is 4.79 Å². The molecular formula is C19H20N4O. The minimum absolute atomic E-state index is 0.197. The lowest BCUT2D eigenvalue weighted by Gasteiger charge is -2.12. The first-order valence-electron chi connectivity index (χ1n) is 7.97. The van der Waals surface area contributed by atoms with E-state index in [1.165, 1.54) is 10.4 Å². The Hall–Kier alpha value is -2.95. The second-order valence-corrected chi connectivity index (χ2v) is 5.78. The lowest BCUT2D eigenvalue weighted by Crippen LogP contribution is -2.28. The molecule has 0 aliphatic rings. The summed E-state index contributed by atoms with van der Waals surface area (Å²) in [5, 5.41) is 11.6. The predicted molar refractivity (Wildman–Crippen MR) is 93.3 cm³/mol. The highest BCUT2D eigenvalue weighted by Gasteiger charge is 2.17. The fourth-order valence-electron chi connectivity index (χ4n) is 2.49. The molecular weight excluding hydrogens is 300 g/mol. The number of amides is 1. The zero-order valence-corrected chi connectivity index (χ0v) is 13.8. The van der Waals surface area contributed by atoms with E-state index in [4.69, 9.17) is 0 Å². The molecule has 3 rings (SSSR count). The number of hydrogen-bond acceptors (Lipinski definition) is 3. The third-order valence-corrected chi connectivity index (χ3v) is 3.92. The summed E-state index contributed by atoms with van der Waals surface area (Å²) in [4.78, 5) is 13.9. The summed E-state index contributed by atoms with van der Waals surface area (Å²) < 4.78 is 0. The van der Waals surface area contributed by atoms with Crippen LogP contribution in [0, 0.1) is 6.92 Å². The Bertz CT molecular complexity index is 812. The number of carbonyl (C=O) groups excluding carboxylic acids is 1. The third-order valence-electron chi connectivity index (χ3n) is 3.92. The van der Waals surface area contributed by atoms with Gasteiger partial charge in [-0.25, -0.2) is 0 Å². The number of aryl methyl sites for hydroxylation is 1. The normalized spacial score (nSPS) is 11.9. The molecule has 0 saturated heterocycles. The highest BCUT2D eigenvalue weighted by molar-refractivity contribution is 5.93. The molecule has 1 atom stereocenters. The summed E-state index contributed by atoms with van der Waals surface area (Å²) in [5.74, 6) is 0.0390. The molecule has 5 nitrogen and oxygen atoms in total. The second kappa shape index (κ2) is 7.08. The number of nitrogens with zero attached hydrogens (tertiary/aromatic N) is 3. The van der Waals surface area contributed by atoms with Crippen LogP contribution in [0.1, 0.15) is 34.6 Å². The average molecular weight is 320 g/mol. The van der Waals surface area contributed by atoms with Crippen LogP contribution in [0.3, 0.4) is 0 Å². The van der Waals surface area contributed by atoms with Gasteiger partial charge in [-0.1, -0.05) is 55.5 Å². The molecule has 1 N–H and O–H groups in total. The first-order chi connectivity index (χ1) is 11.6. The van der Waals surface area contributed by atoms with Crippen LogP contribution in [0.4, 0.5) is 0 Å². The van der Waals surface area contributed by atoms with Crippen LogP contribution in [-0.4, -0.2) is 27.4 Å². The highest BCUT2D eigenvalue weighted by Crippen LogP contribution is 2.14. The average Bonchev–Trinajstić information content (AvgIpc) is 3.03. The maximum Gasteiger partial charge on any atom is 0.273 e. The number of nitrogens with one attached hydrogen (secondary N) is 1. The van der Waals surface area contributed by atoms with Crippen LogP contribution >= 0.6 is 0 Å². The Labute approximate surface area is 141 Å². The van der Waals surface area contributed by atoms with Gasteiger partial charge in [0.2, 0.25) is 0 Å². The summed E-state index contributed by atoms with van der Waals surface area (Å²) in [5.41, 5.74) is 3.00. The molecule has 1 heterocycles. The molecule has 0 fully saturated rings. The summed E-state index contributed by atoms with van der Waals surface area (Å²) >= 11 is 0. The zero-order valence-electron chi connectivity index (χ0n) is 13.8. The van der Waals surface area contributed by atoms with Crippen molar-refractivity contribution in [1.82, 2.24) is 20.3 Å². The van der Waals surface area contributed by atoms with Crippen molar-refractivity contribution in [3.05, 3.63) is 77.6 Å². The van der Waals surface area contributed by atoms with E-state index in [-0.39, 0.29) is 11.8 Å². The van der Waals surface area contributed by atoms with Crippen molar-refractivity contribution in [2.24, 2.45) is 0 Å². The number of rotatable bonds is 5. The van der Waals surface area contributed by atoms with E-state index in [1.54, 1.807) is 6.92 Å². The van der Waals surface area contributed by atoms with Gasteiger partial charge in [-0.2, -0.15) is 9.90 Å². The lowest BCUT2D eigenvalue weighted by molar-refractivity contribution is 0.0945. The van der Waals surface area contributed by atoms with Crippen LogP contribution in [0.2, 0.25) is 0 Å². The quantitative estimate of drug-likeness (QED) is 0.786. The first kappa shape index (κ1) is 15.9. The van der Waals surface area contributed by atoms with E-state index < -0.39 is 0 Å². The van der Waals surface area contributed by atoms with Gasteiger partial charge in [0.05, 0.1) is 11.4 Å². The summed E-state index contributed by atoms with van der Waals surface area (Å²) in [7, 11) is 0. The molecule has 0 unspecified atom stereocenters. The molecule has 0 radical (unpaired) electrons. The summed E-state index contributed by atoms with van der Waals surface area (Å²) in [6.07, 6.45) is 0. The summed E-state index contributed by atoms with van der Waals surface area (Å²) in [6, 6.07) is 19.7. The van der Waals surface area contributed by atoms with E-state index in [0.717, 1.165) is 5.69 Å². The summed E-state index contributed by atoms with van der Waals surface area (Å²) in [6.45, 7) is 4.44. The molecule has 1 amide bonds. The molecule has 24 heavy (non-hydrogen) atoms. The van der Waals surface area contributed by atoms with Crippen molar-refractivity contribution in [3.63, 3.8) is 0 Å².